The quantitative estimate of drug-likeness (QED) is 0.560. The van der Waals surface area contributed by atoms with Crippen molar-refractivity contribution >= 4 is 11.8 Å². The molecular formula is C8H15N3O2. The van der Waals surface area contributed by atoms with Gasteiger partial charge in [-0.2, -0.15) is 0 Å². The third kappa shape index (κ3) is 2.69. The third-order valence-corrected chi connectivity index (χ3v) is 2.25. The molecule has 1 unspecified atom stereocenters. The zero-order chi connectivity index (χ0) is 9.84. The van der Waals surface area contributed by atoms with E-state index in [0.29, 0.717) is 6.54 Å². The average Bonchev–Trinajstić information content (AvgIpc) is 2.28. The Balaban J connectivity index is 2.56. The molecule has 1 fully saturated rings. The number of amides is 2. The Bertz CT molecular complexity index is 217. The monoisotopic (exact) mass is 185 g/mol. The number of carbonyl (C=O) groups is 2. The summed E-state index contributed by atoms with van der Waals surface area (Å²) in [6.45, 7) is 3.41. The van der Waals surface area contributed by atoms with E-state index in [0.717, 1.165) is 13.0 Å². The van der Waals surface area contributed by atoms with E-state index in [1.807, 2.05) is 0 Å². The Kier molecular flexibility index (Phi) is 3.25. The number of carbonyl (C=O) groups excluding carboxylic acids is 2. The number of nitrogens with two attached hydrogens (primary N) is 1. The highest BCUT2D eigenvalue weighted by Gasteiger charge is 2.22. The first kappa shape index (κ1) is 9.98. The first-order valence-corrected chi connectivity index (χ1v) is 4.41. The number of hydrogen-bond acceptors (Lipinski definition) is 3. The van der Waals surface area contributed by atoms with E-state index in [1.54, 1.807) is 11.8 Å². The number of nitrogens with one attached hydrogen (secondary N) is 1. The molecule has 2 amide bonds. The molecule has 0 aromatic carbocycles. The summed E-state index contributed by atoms with van der Waals surface area (Å²) in [6, 6.07) is -0.358. The predicted molar refractivity (Wildman–Crippen MR) is 47.9 cm³/mol. The van der Waals surface area contributed by atoms with Crippen LogP contribution in [0, 0.1) is 0 Å². The highest BCUT2D eigenvalue weighted by atomic mass is 16.2. The molecular weight excluding hydrogens is 170 g/mol. The molecule has 0 aromatic rings. The van der Waals surface area contributed by atoms with Gasteiger partial charge in [-0.1, -0.05) is 0 Å². The summed E-state index contributed by atoms with van der Waals surface area (Å²) in [5, 5.41) is 2.74. The van der Waals surface area contributed by atoms with Gasteiger partial charge in [0, 0.05) is 13.1 Å². The van der Waals surface area contributed by atoms with Crippen LogP contribution in [0.5, 0.6) is 0 Å². The fraction of sp³-hybridized carbons (Fsp3) is 0.750. The molecule has 1 saturated heterocycles. The molecule has 3 N–H and O–H groups in total. The van der Waals surface area contributed by atoms with Crippen molar-refractivity contribution in [2.24, 2.45) is 5.73 Å². The van der Waals surface area contributed by atoms with E-state index in [-0.39, 0.29) is 24.4 Å². The van der Waals surface area contributed by atoms with Crippen LogP contribution in [0.3, 0.4) is 0 Å². The second-order valence-electron chi connectivity index (χ2n) is 3.25. The van der Waals surface area contributed by atoms with Gasteiger partial charge in [-0.15, -0.1) is 0 Å². The summed E-state index contributed by atoms with van der Waals surface area (Å²) >= 11 is 0. The van der Waals surface area contributed by atoms with Crippen molar-refractivity contribution in [3.63, 3.8) is 0 Å². The third-order valence-electron chi connectivity index (χ3n) is 2.25. The zero-order valence-corrected chi connectivity index (χ0v) is 7.75. The molecule has 1 heterocycles. The molecule has 5 heteroatoms. The smallest absolute Gasteiger partial charge is 0.234 e. The molecule has 0 saturated carbocycles. The van der Waals surface area contributed by atoms with Crippen LogP contribution in [0.15, 0.2) is 0 Å². The lowest BCUT2D eigenvalue weighted by Gasteiger charge is -2.23. The zero-order valence-electron chi connectivity index (χ0n) is 7.75. The molecule has 0 spiro atoms. The van der Waals surface area contributed by atoms with Crippen LogP contribution < -0.4 is 11.1 Å². The Labute approximate surface area is 77.3 Å². The summed E-state index contributed by atoms with van der Waals surface area (Å²) in [5.41, 5.74) is 5.15. The van der Waals surface area contributed by atoms with Crippen LogP contribution in [-0.2, 0) is 9.59 Å². The standard InChI is InChI=1S/C8H15N3O2/c1-6(8(9)13)11-4-2-3-10-7(12)5-11/h6H,2-5H2,1H3,(H2,9,13)(H,10,12). The molecule has 74 valence electrons. The van der Waals surface area contributed by atoms with Gasteiger partial charge in [0.1, 0.15) is 0 Å². The van der Waals surface area contributed by atoms with Gasteiger partial charge in [0.05, 0.1) is 12.6 Å². The summed E-state index contributed by atoms with van der Waals surface area (Å²) in [6.07, 6.45) is 0.864. The molecule has 1 aliphatic rings. The fourth-order valence-electron chi connectivity index (χ4n) is 1.34. The second-order valence-corrected chi connectivity index (χ2v) is 3.25. The summed E-state index contributed by atoms with van der Waals surface area (Å²) in [5.74, 6) is -0.416. The topological polar surface area (TPSA) is 75.4 Å². The van der Waals surface area contributed by atoms with Crippen LogP contribution >= 0.6 is 0 Å². The van der Waals surface area contributed by atoms with Gasteiger partial charge in [-0.3, -0.25) is 14.5 Å². The van der Waals surface area contributed by atoms with Gasteiger partial charge in [0.15, 0.2) is 0 Å². The van der Waals surface area contributed by atoms with Crippen molar-refractivity contribution in [2.45, 2.75) is 19.4 Å². The molecule has 1 rings (SSSR count). The van der Waals surface area contributed by atoms with Gasteiger partial charge in [-0.25, -0.2) is 0 Å². The molecule has 1 atom stereocenters. The summed E-state index contributed by atoms with van der Waals surface area (Å²) in [7, 11) is 0. The average molecular weight is 185 g/mol. The highest BCUT2D eigenvalue weighted by Crippen LogP contribution is 2.02. The second kappa shape index (κ2) is 4.23. The molecule has 0 bridgehead atoms. The van der Waals surface area contributed by atoms with Gasteiger partial charge in [0.2, 0.25) is 11.8 Å². The van der Waals surface area contributed by atoms with Crippen molar-refractivity contribution in [1.82, 2.24) is 10.2 Å². The minimum absolute atomic E-state index is 0.0365. The SMILES string of the molecule is CC(C(N)=O)N1CCCNC(=O)C1. The van der Waals surface area contributed by atoms with Crippen LogP contribution in [-0.4, -0.2) is 42.4 Å². The van der Waals surface area contributed by atoms with Crippen LogP contribution in [0.1, 0.15) is 13.3 Å². The maximum Gasteiger partial charge on any atom is 0.234 e. The molecule has 0 aliphatic carbocycles. The van der Waals surface area contributed by atoms with Gasteiger partial charge in [-0.05, 0) is 13.3 Å². The Hall–Kier alpha value is -1.10. The summed E-state index contributed by atoms with van der Waals surface area (Å²) < 4.78 is 0. The minimum Gasteiger partial charge on any atom is -0.368 e. The first-order valence-electron chi connectivity index (χ1n) is 4.41. The van der Waals surface area contributed by atoms with E-state index in [4.69, 9.17) is 5.73 Å². The largest absolute Gasteiger partial charge is 0.368 e. The number of hydrogen-bond donors (Lipinski definition) is 2. The minimum atomic E-state index is -0.380. The van der Waals surface area contributed by atoms with Gasteiger partial charge < -0.3 is 11.1 Å². The van der Waals surface area contributed by atoms with E-state index < -0.39 is 0 Å². The molecule has 13 heavy (non-hydrogen) atoms. The van der Waals surface area contributed by atoms with Crippen molar-refractivity contribution in [2.75, 3.05) is 19.6 Å². The molecule has 5 nitrogen and oxygen atoms in total. The normalized spacial score (nSPS) is 21.8. The molecule has 0 aromatic heterocycles. The molecule has 0 radical (unpaired) electrons. The number of nitrogens with zero attached hydrogens (tertiary/aromatic N) is 1. The van der Waals surface area contributed by atoms with Crippen molar-refractivity contribution in [1.29, 1.82) is 0 Å². The van der Waals surface area contributed by atoms with E-state index in [2.05, 4.69) is 5.32 Å². The summed E-state index contributed by atoms with van der Waals surface area (Å²) in [4.78, 5) is 23.8. The van der Waals surface area contributed by atoms with E-state index in [9.17, 15) is 9.59 Å². The van der Waals surface area contributed by atoms with Crippen molar-refractivity contribution in [3.8, 4) is 0 Å². The van der Waals surface area contributed by atoms with Crippen LogP contribution in [0.25, 0.3) is 0 Å². The lowest BCUT2D eigenvalue weighted by Crippen LogP contribution is -2.45. The predicted octanol–water partition coefficient (Wildman–Crippen LogP) is -1.32. The fourth-order valence-corrected chi connectivity index (χ4v) is 1.34. The number of primary amides is 1. The van der Waals surface area contributed by atoms with Crippen LogP contribution in [0.4, 0.5) is 0 Å². The van der Waals surface area contributed by atoms with E-state index in [1.165, 1.54) is 0 Å². The molecule has 1 aliphatic heterocycles. The Morgan fingerprint density at radius 3 is 3.00 bits per heavy atom. The number of rotatable bonds is 2. The highest BCUT2D eigenvalue weighted by molar-refractivity contribution is 5.82. The lowest BCUT2D eigenvalue weighted by molar-refractivity contribution is -0.125. The van der Waals surface area contributed by atoms with Crippen LogP contribution in [0.2, 0.25) is 0 Å². The van der Waals surface area contributed by atoms with Crippen molar-refractivity contribution in [3.05, 3.63) is 0 Å². The Morgan fingerprint density at radius 1 is 1.69 bits per heavy atom. The lowest BCUT2D eigenvalue weighted by atomic mass is 10.2. The Morgan fingerprint density at radius 2 is 2.38 bits per heavy atom. The van der Waals surface area contributed by atoms with Gasteiger partial charge in [0.25, 0.3) is 0 Å². The van der Waals surface area contributed by atoms with Gasteiger partial charge >= 0.3 is 0 Å². The maximum absolute atomic E-state index is 11.1. The van der Waals surface area contributed by atoms with E-state index >= 15 is 0 Å². The van der Waals surface area contributed by atoms with Crippen molar-refractivity contribution < 1.29 is 9.59 Å². The first-order chi connectivity index (χ1) is 6.11. The maximum atomic E-state index is 11.1.